The standard InChI is InChI=1S/C18H25N3O2/c1-2-6-16-17(13-19-16)20-9-11-21(12-10-20)18(22)23-14-15-7-4-3-5-8-15/h2-5,7-8,16-17,19H,1,6,9-14H2/t16-,17+/m0/s1. The van der Waals surface area contributed by atoms with E-state index in [0.29, 0.717) is 18.7 Å². The predicted octanol–water partition coefficient (Wildman–Crippen LogP) is 1.86. The fourth-order valence-corrected chi connectivity index (χ4v) is 3.24. The van der Waals surface area contributed by atoms with Gasteiger partial charge in [-0.05, 0) is 12.0 Å². The number of benzene rings is 1. The van der Waals surface area contributed by atoms with Gasteiger partial charge in [0.05, 0.1) is 0 Å². The van der Waals surface area contributed by atoms with Gasteiger partial charge in [0.2, 0.25) is 0 Å². The summed E-state index contributed by atoms with van der Waals surface area (Å²) < 4.78 is 5.41. The first-order valence-electron chi connectivity index (χ1n) is 8.32. The first-order valence-corrected chi connectivity index (χ1v) is 8.32. The van der Waals surface area contributed by atoms with Gasteiger partial charge >= 0.3 is 6.09 Å². The molecular weight excluding hydrogens is 290 g/mol. The fourth-order valence-electron chi connectivity index (χ4n) is 3.24. The van der Waals surface area contributed by atoms with E-state index in [0.717, 1.165) is 44.7 Å². The molecule has 124 valence electrons. The Hall–Kier alpha value is -1.85. The Balaban J connectivity index is 1.42. The van der Waals surface area contributed by atoms with Crippen molar-refractivity contribution >= 4 is 6.09 Å². The smallest absolute Gasteiger partial charge is 0.410 e. The quantitative estimate of drug-likeness (QED) is 0.843. The number of rotatable bonds is 5. The number of hydrogen-bond acceptors (Lipinski definition) is 4. The van der Waals surface area contributed by atoms with Crippen LogP contribution >= 0.6 is 0 Å². The minimum atomic E-state index is -0.206. The molecule has 1 aromatic rings. The maximum atomic E-state index is 12.2. The van der Waals surface area contributed by atoms with Gasteiger partial charge in [0, 0.05) is 44.8 Å². The molecule has 2 aliphatic rings. The van der Waals surface area contributed by atoms with Crippen LogP contribution in [0.3, 0.4) is 0 Å². The lowest BCUT2D eigenvalue weighted by Gasteiger charge is -2.47. The highest BCUT2D eigenvalue weighted by Crippen LogP contribution is 2.18. The van der Waals surface area contributed by atoms with Gasteiger partial charge < -0.3 is 15.0 Å². The normalized spacial score (nSPS) is 24.8. The third-order valence-corrected chi connectivity index (χ3v) is 4.72. The molecule has 0 saturated carbocycles. The van der Waals surface area contributed by atoms with Gasteiger partial charge in [-0.2, -0.15) is 0 Å². The number of nitrogens with zero attached hydrogens (tertiary/aromatic N) is 2. The van der Waals surface area contributed by atoms with Crippen LogP contribution in [-0.4, -0.2) is 60.7 Å². The van der Waals surface area contributed by atoms with Crippen molar-refractivity contribution in [1.82, 2.24) is 15.1 Å². The van der Waals surface area contributed by atoms with Crippen LogP contribution in [0.25, 0.3) is 0 Å². The minimum absolute atomic E-state index is 0.206. The zero-order valence-electron chi connectivity index (χ0n) is 13.5. The summed E-state index contributed by atoms with van der Waals surface area (Å²) in [6, 6.07) is 10.9. The van der Waals surface area contributed by atoms with Crippen molar-refractivity contribution in [3.63, 3.8) is 0 Å². The summed E-state index contributed by atoms with van der Waals surface area (Å²) in [4.78, 5) is 16.4. The van der Waals surface area contributed by atoms with Crippen LogP contribution in [0.1, 0.15) is 12.0 Å². The van der Waals surface area contributed by atoms with Crippen molar-refractivity contribution in [3.8, 4) is 0 Å². The summed E-state index contributed by atoms with van der Waals surface area (Å²) in [5, 5.41) is 3.45. The molecule has 23 heavy (non-hydrogen) atoms. The summed E-state index contributed by atoms with van der Waals surface area (Å²) in [6.07, 6.45) is 2.77. The number of carbonyl (C=O) groups is 1. The molecule has 0 aliphatic carbocycles. The van der Waals surface area contributed by atoms with Crippen molar-refractivity contribution < 1.29 is 9.53 Å². The molecule has 2 aliphatic heterocycles. The number of amides is 1. The summed E-state index contributed by atoms with van der Waals surface area (Å²) in [7, 11) is 0. The molecule has 0 aromatic heterocycles. The summed E-state index contributed by atoms with van der Waals surface area (Å²) in [5.74, 6) is 0. The Morgan fingerprint density at radius 3 is 2.61 bits per heavy atom. The second-order valence-electron chi connectivity index (χ2n) is 6.17. The van der Waals surface area contributed by atoms with E-state index in [2.05, 4.69) is 16.8 Å². The van der Waals surface area contributed by atoms with Crippen molar-refractivity contribution in [2.24, 2.45) is 0 Å². The molecule has 0 unspecified atom stereocenters. The number of carbonyl (C=O) groups excluding carboxylic acids is 1. The Morgan fingerprint density at radius 1 is 1.26 bits per heavy atom. The van der Waals surface area contributed by atoms with Crippen LogP contribution in [0.2, 0.25) is 0 Å². The van der Waals surface area contributed by atoms with E-state index >= 15 is 0 Å². The van der Waals surface area contributed by atoms with Crippen molar-refractivity contribution in [1.29, 1.82) is 0 Å². The number of ether oxygens (including phenoxy) is 1. The van der Waals surface area contributed by atoms with Gasteiger partial charge in [-0.15, -0.1) is 6.58 Å². The van der Waals surface area contributed by atoms with Gasteiger partial charge in [0.25, 0.3) is 0 Å². The van der Waals surface area contributed by atoms with E-state index in [1.54, 1.807) is 0 Å². The SMILES string of the molecule is C=CC[C@@H]1NC[C@H]1N1CCN(C(=O)OCc2ccccc2)CC1. The summed E-state index contributed by atoms with van der Waals surface area (Å²) in [5.41, 5.74) is 1.02. The van der Waals surface area contributed by atoms with Gasteiger partial charge in [0.1, 0.15) is 6.61 Å². The van der Waals surface area contributed by atoms with Crippen molar-refractivity contribution in [2.75, 3.05) is 32.7 Å². The molecule has 0 bridgehead atoms. The lowest BCUT2D eigenvalue weighted by Crippen LogP contribution is -2.67. The minimum Gasteiger partial charge on any atom is -0.445 e. The molecule has 0 spiro atoms. The molecule has 2 saturated heterocycles. The van der Waals surface area contributed by atoms with E-state index in [4.69, 9.17) is 4.74 Å². The van der Waals surface area contributed by atoms with Gasteiger partial charge in [-0.1, -0.05) is 36.4 Å². The first-order chi connectivity index (χ1) is 11.3. The zero-order valence-corrected chi connectivity index (χ0v) is 13.5. The lowest BCUT2D eigenvalue weighted by atomic mass is 9.94. The highest BCUT2D eigenvalue weighted by atomic mass is 16.6. The summed E-state index contributed by atoms with van der Waals surface area (Å²) in [6.45, 7) is 8.51. The van der Waals surface area contributed by atoms with Crippen molar-refractivity contribution in [3.05, 3.63) is 48.6 Å². The molecule has 1 aromatic carbocycles. The maximum Gasteiger partial charge on any atom is 0.410 e. The van der Waals surface area contributed by atoms with Crippen LogP contribution in [0.15, 0.2) is 43.0 Å². The monoisotopic (exact) mass is 315 g/mol. The van der Waals surface area contributed by atoms with Crippen LogP contribution in [0.4, 0.5) is 4.79 Å². The largest absolute Gasteiger partial charge is 0.445 e. The van der Waals surface area contributed by atoms with E-state index in [-0.39, 0.29) is 6.09 Å². The van der Waals surface area contributed by atoms with Crippen LogP contribution in [-0.2, 0) is 11.3 Å². The van der Waals surface area contributed by atoms with Crippen LogP contribution in [0, 0.1) is 0 Å². The van der Waals surface area contributed by atoms with Gasteiger partial charge in [-0.25, -0.2) is 4.79 Å². The van der Waals surface area contributed by atoms with Crippen molar-refractivity contribution in [2.45, 2.75) is 25.1 Å². The topological polar surface area (TPSA) is 44.8 Å². The molecule has 1 N–H and O–H groups in total. The average Bonchev–Trinajstić information content (AvgIpc) is 2.58. The number of nitrogens with one attached hydrogen (secondary N) is 1. The lowest BCUT2D eigenvalue weighted by molar-refractivity contribution is 0.0338. The third kappa shape index (κ3) is 3.92. The average molecular weight is 315 g/mol. The molecule has 1 amide bonds. The third-order valence-electron chi connectivity index (χ3n) is 4.72. The highest BCUT2D eigenvalue weighted by molar-refractivity contribution is 5.67. The molecule has 2 heterocycles. The van der Waals surface area contributed by atoms with E-state index in [1.807, 2.05) is 41.3 Å². The maximum absolute atomic E-state index is 12.2. The number of piperazine rings is 1. The Kier molecular flexibility index (Phi) is 5.31. The zero-order chi connectivity index (χ0) is 16.1. The first kappa shape index (κ1) is 16.0. The van der Waals surface area contributed by atoms with Gasteiger partial charge in [0.15, 0.2) is 0 Å². The molecule has 2 fully saturated rings. The van der Waals surface area contributed by atoms with E-state index in [9.17, 15) is 4.79 Å². The molecule has 2 atom stereocenters. The highest BCUT2D eigenvalue weighted by Gasteiger charge is 2.36. The van der Waals surface area contributed by atoms with Crippen LogP contribution < -0.4 is 5.32 Å². The Bertz CT molecular complexity index is 526. The van der Waals surface area contributed by atoms with E-state index in [1.165, 1.54) is 0 Å². The molecule has 0 radical (unpaired) electrons. The second-order valence-corrected chi connectivity index (χ2v) is 6.17. The fraction of sp³-hybridized carbons (Fsp3) is 0.500. The molecule has 3 rings (SSSR count). The second kappa shape index (κ2) is 7.62. The summed E-state index contributed by atoms with van der Waals surface area (Å²) >= 11 is 0. The van der Waals surface area contributed by atoms with Gasteiger partial charge in [-0.3, -0.25) is 4.90 Å². The Morgan fingerprint density at radius 2 is 2.00 bits per heavy atom. The molecule has 5 heteroatoms. The predicted molar refractivity (Wildman–Crippen MR) is 90.2 cm³/mol. The van der Waals surface area contributed by atoms with Crippen LogP contribution in [0.5, 0.6) is 0 Å². The Labute approximate surface area is 137 Å². The molecular formula is C18H25N3O2. The number of hydrogen-bond donors (Lipinski definition) is 1. The van der Waals surface area contributed by atoms with E-state index < -0.39 is 0 Å². The molecule has 5 nitrogen and oxygen atoms in total.